The fourth-order valence-electron chi connectivity index (χ4n) is 1.76. The van der Waals surface area contributed by atoms with E-state index >= 15 is 0 Å². The zero-order valence-electron chi connectivity index (χ0n) is 9.90. The van der Waals surface area contributed by atoms with Crippen molar-refractivity contribution in [3.05, 3.63) is 52.4 Å². The predicted molar refractivity (Wildman–Crippen MR) is 68.3 cm³/mol. The quantitative estimate of drug-likeness (QED) is 0.832. The first-order chi connectivity index (χ1) is 8.09. The highest BCUT2D eigenvalue weighted by Crippen LogP contribution is 2.26. The Labute approximate surface area is 99.8 Å². The van der Waals surface area contributed by atoms with Gasteiger partial charge >= 0.3 is 0 Å². The molecule has 3 heteroatoms. The second kappa shape index (κ2) is 4.45. The smallest absolute Gasteiger partial charge is 0.259 e. The zero-order chi connectivity index (χ0) is 12.4. The van der Waals surface area contributed by atoms with Crippen molar-refractivity contribution >= 4 is 0 Å². The molecule has 0 amide bonds. The Morgan fingerprint density at radius 3 is 2.35 bits per heavy atom. The molecule has 1 aromatic carbocycles. The third-order valence-electron chi connectivity index (χ3n) is 2.72. The van der Waals surface area contributed by atoms with Gasteiger partial charge in [-0.3, -0.25) is 4.79 Å². The van der Waals surface area contributed by atoms with Crippen molar-refractivity contribution in [3.8, 4) is 16.9 Å². The third kappa shape index (κ3) is 2.23. The van der Waals surface area contributed by atoms with E-state index in [1.807, 2.05) is 32.0 Å². The summed E-state index contributed by atoms with van der Waals surface area (Å²) in [6, 6.07) is 10.8. The molecule has 0 saturated heterocycles. The van der Waals surface area contributed by atoms with E-state index in [9.17, 15) is 9.90 Å². The molecule has 0 unspecified atom stereocenters. The summed E-state index contributed by atoms with van der Waals surface area (Å²) in [6.07, 6.45) is 0. The van der Waals surface area contributed by atoms with E-state index in [1.165, 1.54) is 0 Å². The van der Waals surface area contributed by atoms with Gasteiger partial charge in [0.25, 0.3) is 5.56 Å². The predicted octanol–water partition coefficient (Wildman–Crippen LogP) is 2.87. The van der Waals surface area contributed by atoms with Crippen molar-refractivity contribution < 1.29 is 5.11 Å². The van der Waals surface area contributed by atoms with Crippen molar-refractivity contribution in [3.63, 3.8) is 0 Å². The first kappa shape index (κ1) is 11.5. The molecule has 1 aromatic heterocycles. The second-order valence-corrected chi connectivity index (χ2v) is 4.33. The van der Waals surface area contributed by atoms with E-state index in [-0.39, 0.29) is 17.2 Å². The Hall–Kier alpha value is -2.03. The monoisotopic (exact) mass is 229 g/mol. The van der Waals surface area contributed by atoms with Gasteiger partial charge in [-0.1, -0.05) is 44.2 Å². The summed E-state index contributed by atoms with van der Waals surface area (Å²) < 4.78 is 0. The maximum absolute atomic E-state index is 12.0. The minimum Gasteiger partial charge on any atom is -0.507 e. The van der Waals surface area contributed by atoms with Crippen LogP contribution in [0.4, 0.5) is 0 Å². The molecule has 0 fully saturated rings. The molecule has 0 atom stereocenters. The van der Waals surface area contributed by atoms with Gasteiger partial charge in [-0.2, -0.15) is 0 Å². The standard InChI is InChI=1S/C14H15NO2/c1-9(2)11-8-12(16)13(14(17)15-11)10-6-4-3-5-7-10/h3-9H,1-2H3,(H2,15,16,17). The van der Waals surface area contributed by atoms with E-state index in [1.54, 1.807) is 18.2 Å². The number of pyridine rings is 1. The topological polar surface area (TPSA) is 53.1 Å². The molecular formula is C14H15NO2. The lowest BCUT2D eigenvalue weighted by molar-refractivity contribution is 0.474. The van der Waals surface area contributed by atoms with Gasteiger partial charge in [-0.25, -0.2) is 0 Å². The lowest BCUT2D eigenvalue weighted by Crippen LogP contribution is -2.12. The van der Waals surface area contributed by atoms with Crippen LogP contribution in [-0.2, 0) is 0 Å². The van der Waals surface area contributed by atoms with Crippen molar-refractivity contribution in [1.29, 1.82) is 0 Å². The molecule has 0 aliphatic carbocycles. The zero-order valence-corrected chi connectivity index (χ0v) is 9.90. The van der Waals surface area contributed by atoms with Crippen LogP contribution in [-0.4, -0.2) is 10.1 Å². The Morgan fingerprint density at radius 1 is 1.18 bits per heavy atom. The molecule has 0 aliphatic rings. The van der Waals surface area contributed by atoms with Gasteiger partial charge in [0.2, 0.25) is 0 Å². The molecule has 3 nitrogen and oxygen atoms in total. The van der Waals surface area contributed by atoms with Crippen molar-refractivity contribution in [2.24, 2.45) is 0 Å². The number of aromatic hydroxyl groups is 1. The van der Waals surface area contributed by atoms with Crippen LogP contribution in [0.25, 0.3) is 11.1 Å². The van der Waals surface area contributed by atoms with Gasteiger partial charge in [0.05, 0.1) is 5.56 Å². The van der Waals surface area contributed by atoms with Crippen LogP contribution in [0.3, 0.4) is 0 Å². The summed E-state index contributed by atoms with van der Waals surface area (Å²) >= 11 is 0. The van der Waals surface area contributed by atoms with Gasteiger partial charge in [0.1, 0.15) is 5.75 Å². The molecule has 2 N–H and O–H groups in total. The van der Waals surface area contributed by atoms with Crippen molar-refractivity contribution in [2.75, 3.05) is 0 Å². The van der Waals surface area contributed by atoms with Crippen LogP contribution in [0.15, 0.2) is 41.2 Å². The van der Waals surface area contributed by atoms with Crippen LogP contribution in [0, 0.1) is 0 Å². The number of benzene rings is 1. The first-order valence-electron chi connectivity index (χ1n) is 5.61. The van der Waals surface area contributed by atoms with Crippen LogP contribution < -0.4 is 5.56 Å². The SMILES string of the molecule is CC(C)c1cc(O)c(-c2ccccc2)c(=O)[nH]1. The highest BCUT2D eigenvalue weighted by atomic mass is 16.3. The number of hydrogen-bond donors (Lipinski definition) is 2. The molecule has 0 saturated carbocycles. The lowest BCUT2D eigenvalue weighted by atomic mass is 10.0. The molecule has 1 heterocycles. The van der Waals surface area contributed by atoms with Gasteiger partial charge in [-0.15, -0.1) is 0 Å². The van der Waals surface area contributed by atoms with Crippen molar-refractivity contribution in [1.82, 2.24) is 4.98 Å². The van der Waals surface area contributed by atoms with Crippen molar-refractivity contribution in [2.45, 2.75) is 19.8 Å². The van der Waals surface area contributed by atoms with E-state index in [2.05, 4.69) is 4.98 Å². The minimum absolute atomic E-state index is 0.0312. The molecule has 2 aromatic rings. The maximum Gasteiger partial charge on any atom is 0.259 e. The van der Waals surface area contributed by atoms with E-state index in [0.29, 0.717) is 5.56 Å². The summed E-state index contributed by atoms with van der Waals surface area (Å²) in [5, 5.41) is 9.95. The summed E-state index contributed by atoms with van der Waals surface area (Å²) in [7, 11) is 0. The number of aromatic amines is 1. The largest absolute Gasteiger partial charge is 0.507 e. The number of aromatic nitrogens is 1. The third-order valence-corrected chi connectivity index (χ3v) is 2.72. The van der Waals surface area contributed by atoms with E-state index < -0.39 is 0 Å². The normalized spacial score (nSPS) is 10.8. The van der Waals surface area contributed by atoms with Gasteiger partial charge in [0.15, 0.2) is 0 Å². The lowest BCUT2D eigenvalue weighted by Gasteiger charge is -2.09. The molecule has 0 radical (unpaired) electrons. The Balaban J connectivity index is 2.61. The average Bonchev–Trinajstić information content (AvgIpc) is 2.29. The molecule has 2 rings (SSSR count). The number of nitrogens with one attached hydrogen (secondary N) is 1. The van der Waals surface area contributed by atoms with E-state index in [0.717, 1.165) is 11.3 Å². The fourth-order valence-corrected chi connectivity index (χ4v) is 1.76. The van der Waals surface area contributed by atoms with E-state index in [4.69, 9.17) is 0 Å². The summed E-state index contributed by atoms with van der Waals surface area (Å²) in [5.41, 5.74) is 1.55. The van der Waals surface area contributed by atoms with Crippen LogP contribution in [0.5, 0.6) is 5.75 Å². The fraction of sp³-hybridized carbons (Fsp3) is 0.214. The second-order valence-electron chi connectivity index (χ2n) is 4.33. The number of hydrogen-bond acceptors (Lipinski definition) is 2. The summed E-state index contributed by atoms with van der Waals surface area (Å²) in [6.45, 7) is 3.93. The number of H-pyrrole nitrogens is 1. The first-order valence-corrected chi connectivity index (χ1v) is 5.61. The molecule has 0 spiro atoms. The van der Waals surface area contributed by atoms with Gasteiger partial charge in [0, 0.05) is 11.8 Å². The maximum atomic E-state index is 12.0. The van der Waals surface area contributed by atoms with Gasteiger partial charge < -0.3 is 10.1 Å². The highest BCUT2D eigenvalue weighted by Gasteiger charge is 2.12. The molecule has 17 heavy (non-hydrogen) atoms. The van der Waals surface area contributed by atoms with Crippen LogP contribution in [0.1, 0.15) is 25.5 Å². The molecule has 0 aliphatic heterocycles. The molecule has 88 valence electrons. The molecular weight excluding hydrogens is 214 g/mol. The Morgan fingerprint density at radius 2 is 1.82 bits per heavy atom. The van der Waals surface area contributed by atoms with Crippen LogP contribution in [0.2, 0.25) is 0 Å². The molecule has 0 bridgehead atoms. The Kier molecular flexibility index (Phi) is 3.00. The summed E-state index contributed by atoms with van der Waals surface area (Å²) in [4.78, 5) is 14.7. The van der Waals surface area contributed by atoms with Crippen LogP contribution >= 0.6 is 0 Å². The minimum atomic E-state index is -0.250. The summed E-state index contributed by atoms with van der Waals surface area (Å²) in [5.74, 6) is 0.210. The van der Waals surface area contributed by atoms with Gasteiger partial charge in [-0.05, 0) is 11.5 Å². The average molecular weight is 229 g/mol. The Bertz CT molecular complexity index is 571. The highest BCUT2D eigenvalue weighted by molar-refractivity contribution is 5.69. The number of rotatable bonds is 2.